The highest BCUT2D eigenvalue weighted by Gasteiger charge is 2.11. The van der Waals surface area contributed by atoms with E-state index >= 15 is 0 Å². The number of pyridine rings is 2. The molecule has 2 N–H and O–H groups in total. The van der Waals surface area contributed by atoms with Crippen LogP contribution in [0.1, 0.15) is 15.9 Å². The second kappa shape index (κ2) is 6.69. The first-order valence-electron chi connectivity index (χ1n) is 7.01. The summed E-state index contributed by atoms with van der Waals surface area (Å²) in [6.45, 7) is 3.92. The molecule has 8 nitrogen and oxygen atoms in total. The Bertz CT molecular complexity index is 875. The van der Waals surface area contributed by atoms with Gasteiger partial charge in [0.25, 0.3) is 0 Å². The van der Waals surface area contributed by atoms with E-state index in [1.807, 2.05) is 18.2 Å². The number of methoxy groups -OCH3 is 1. The van der Waals surface area contributed by atoms with E-state index in [0.717, 1.165) is 0 Å². The summed E-state index contributed by atoms with van der Waals surface area (Å²) in [5.74, 6) is 0.406. The Kier molecular flexibility index (Phi) is 4.28. The number of carbonyl (C=O) groups is 1. The highest BCUT2D eigenvalue weighted by molar-refractivity contribution is 5.90. The molecule has 0 aliphatic carbocycles. The largest absolute Gasteiger partial charge is 0.465 e. The molecular formula is C16H14N6O2. The maximum Gasteiger partial charge on any atom is 0.339 e. The fraction of sp³-hybridized carbons (Fsp3) is 0.0625. The highest BCUT2D eigenvalue weighted by Crippen LogP contribution is 2.17. The first-order chi connectivity index (χ1) is 11.7. The van der Waals surface area contributed by atoms with Crippen molar-refractivity contribution in [1.82, 2.24) is 25.1 Å². The Hall–Kier alpha value is -3.55. The molecule has 24 heavy (non-hydrogen) atoms. The van der Waals surface area contributed by atoms with E-state index in [4.69, 9.17) is 0 Å². The molecule has 0 bridgehead atoms. The second-order valence-electron chi connectivity index (χ2n) is 4.78. The number of ether oxygens (including phenoxy) is 1. The van der Waals surface area contributed by atoms with E-state index in [0.29, 0.717) is 34.3 Å². The first kappa shape index (κ1) is 15.3. The van der Waals surface area contributed by atoms with Crippen molar-refractivity contribution < 1.29 is 9.53 Å². The summed E-state index contributed by atoms with van der Waals surface area (Å²) in [6.07, 6.45) is 4.68. The van der Waals surface area contributed by atoms with Gasteiger partial charge in [-0.15, -0.1) is 5.10 Å². The van der Waals surface area contributed by atoms with E-state index in [1.54, 1.807) is 18.5 Å². The Balaban J connectivity index is 1.76. The summed E-state index contributed by atoms with van der Waals surface area (Å²) in [5, 5.41) is 9.84. The van der Waals surface area contributed by atoms with Crippen LogP contribution in [0.2, 0.25) is 0 Å². The molecule has 0 atom stereocenters. The molecule has 0 unspecified atom stereocenters. The Morgan fingerprint density at radius 3 is 2.88 bits per heavy atom. The Morgan fingerprint density at radius 1 is 1.29 bits per heavy atom. The minimum absolute atomic E-state index is 0.335. The first-order valence-corrected chi connectivity index (χ1v) is 7.01. The van der Waals surface area contributed by atoms with Gasteiger partial charge in [0.05, 0.1) is 12.7 Å². The smallest absolute Gasteiger partial charge is 0.339 e. The maximum absolute atomic E-state index is 11.6. The van der Waals surface area contributed by atoms with Crippen LogP contribution in [0.5, 0.6) is 0 Å². The third-order valence-corrected chi connectivity index (χ3v) is 3.16. The Morgan fingerprint density at radius 2 is 2.12 bits per heavy atom. The van der Waals surface area contributed by atoms with Crippen LogP contribution in [-0.4, -0.2) is 38.2 Å². The topological polar surface area (TPSA) is 106 Å². The van der Waals surface area contributed by atoms with Crippen molar-refractivity contribution in [2.45, 2.75) is 0 Å². The third-order valence-electron chi connectivity index (χ3n) is 3.16. The fourth-order valence-corrected chi connectivity index (χ4v) is 1.98. The molecule has 3 heterocycles. The Labute approximate surface area is 137 Å². The minimum Gasteiger partial charge on any atom is -0.465 e. The molecule has 3 aromatic heterocycles. The van der Waals surface area contributed by atoms with Crippen LogP contribution in [0, 0.1) is 0 Å². The van der Waals surface area contributed by atoms with Crippen LogP contribution in [0.25, 0.3) is 17.2 Å². The monoisotopic (exact) mass is 322 g/mol. The van der Waals surface area contributed by atoms with Crippen molar-refractivity contribution in [3.63, 3.8) is 0 Å². The number of esters is 1. The van der Waals surface area contributed by atoms with E-state index in [1.165, 1.54) is 13.3 Å². The van der Waals surface area contributed by atoms with E-state index in [2.05, 4.69) is 41.8 Å². The summed E-state index contributed by atoms with van der Waals surface area (Å²) >= 11 is 0. The number of aromatic amines is 1. The third kappa shape index (κ3) is 3.27. The van der Waals surface area contributed by atoms with Crippen LogP contribution in [0.15, 0.2) is 49.4 Å². The van der Waals surface area contributed by atoms with E-state index < -0.39 is 5.97 Å². The van der Waals surface area contributed by atoms with Crippen LogP contribution in [-0.2, 0) is 4.74 Å². The van der Waals surface area contributed by atoms with Gasteiger partial charge in [-0.1, -0.05) is 12.6 Å². The lowest BCUT2D eigenvalue weighted by atomic mass is 10.1. The van der Waals surface area contributed by atoms with Crippen LogP contribution < -0.4 is 5.32 Å². The molecule has 3 rings (SSSR count). The van der Waals surface area contributed by atoms with Gasteiger partial charge in [-0.2, -0.15) is 4.98 Å². The average Bonchev–Trinajstić information content (AvgIpc) is 3.10. The van der Waals surface area contributed by atoms with Gasteiger partial charge in [-0.05, 0) is 18.2 Å². The lowest BCUT2D eigenvalue weighted by Gasteiger charge is -2.07. The average molecular weight is 322 g/mol. The van der Waals surface area contributed by atoms with E-state index in [-0.39, 0.29) is 0 Å². The van der Waals surface area contributed by atoms with Gasteiger partial charge in [0.15, 0.2) is 5.82 Å². The lowest BCUT2D eigenvalue weighted by Crippen LogP contribution is -2.05. The molecule has 0 aromatic carbocycles. The number of hydrogen-bond donors (Lipinski definition) is 2. The summed E-state index contributed by atoms with van der Waals surface area (Å²) in [6, 6.07) is 7.13. The number of nitrogens with one attached hydrogen (secondary N) is 2. The summed E-state index contributed by atoms with van der Waals surface area (Å²) in [4.78, 5) is 24.1. The summed E-state index contributed by atoms with van der Waals surface area (Å²) in [5.41, 5.74) is 2.14. The molecule has 0 aliphatic heterocycles. The van der Waals surface area contributed by atoms with Gasteiger partial charge < -0.3 is 10.1 Å². The minimum atomic E-state index is -0.465. The van der Waals surface area contributed by atoms with Gasteiger partial charge in [-0.3, -0.25) is 15.1 Å². The van der Waals surface area contributed by atoms with Crippen molar-refractivity contribution >= 4 is 17.6 Å². The second-order valence-corrected chi connectivity index (χ2v) is 4.78. The van der Waals surface area contributed by atoms with Gasteiger partial charge in [-0.25, -0.2) is 4.79 Å². The molecular weight excluding hydrogens is 308 g/mol. The number of nitrogens with zero attached hydrogens (tertiary/aromatic N) is 4. The van der Waals surface area contributed by atoms with Gasteiger partial charge in [0, 0.05) is 29.9 Å². The van der Waals surface area contributed by atoms with Gasteiger partial charge in [0.2, 0.25) is 5.95 Å². The normalized spacial score (nSPS) is 10.2. The molecule has 120 valence electrons. The number of hydrogen-bond acceptors (Lipinski definition) is 7. The predicted molar refractivity (Wildman–Crippen MR) is 87.8 cm³/mol. The highest BCUT2D eigenvalue weighted by atomic mass is 16.5. The number of aromatic nitrogens is 5. The van der Waals surface area contributed by atoms with E-state index in [9.17, 15) is 4.79 Å². The zero-order valence-corrected chi connectivity index (χ0v) is 12.9. The van der Waals surface area contributed by atoms with Crippen LogP contribution in [0.4, 0.5) is 5.95 Å². The van der Waals surface area contributed by atoms with Crippen molar-refractivity contribution in [2.24, 2.45) is 0 Å². The zero-order valence-electron chi connectivity index (χ0n) is 12.9. The van der Waals surface area contributed by atoms with Crippen molar-refractivity contribution in [3.8, 4) is 11.5 Å². The summed E-state index contributed by atoms with van der Waals surface area (Å²) in [7, 11) is 1.31. The molecule has 0 saturated heterocycles. The SMILES string of the molecule is C=C(Nc1n[nH]c(-c2ccccn2)n1)c1cncc(C(=O)OC)c1. The lowest BCUT2D eigenvalue weighted by molar-refractivity contribution is 0.0600. The summed E-state index contributed by atoms with van der Waals surface area (Å²) < 4.78 is 4.68. The zero-order chi connectivity index (χ0) is 16.9. The molecule has 0 radical (unpaired) electrons. The van der Waals surface area contributed by atoms with Crippen molar-refractivity contribution in [3.05, 3.63) is 60.6 Å². The molecule has 0 amide bonds. The number of anilines is 1. The molecule has 0 spiro atoms. The molecule has 0 fully saturated rings. The predicted octanol–water partition coefficient (Wildman–Crippen LogP) is 2.13. The van der Waals surface area contributed by atoms with Gasteiger partial charge >= 0.3 is 5.97 Å². The number of H-pyrrole nitrogens is 1. The van der Waals surface area contributed by atoms with Crippen LogP contribution >= 0.6 is 0 Å². The quantitative estimate of drug-likeness (QED) is 0.693. The van der Waals surface area contributed by atoms with Crippen LogP contribution in [0.3, 0.4) is 0 Å². The molecule has 0 aliphatic rings. The number of carbonyl (C=O) groups excluding carboxylic acids is 1. The van der Waals surface area contributed by atoms with Crippen molar-refractivity contribution in [2.75, 3.05) is 12.4 Å². The standard InChI is InChI=1S/C16H14N6O2/c1-10(11-7-12(9-17-8-11)15(23)24-2)19-16-20-14(21-22-16)13-5-3-4-6-18-13/h3-9H,1H2,2H3,(H2,19,20,21,22). The molecule has 8 heteroatoms. The number of rotatable bonds is 5. The van der Waals surface area contributed by atoms with Gasteiger partial charge in [0.1, 0.15) is 5.69 Å². The molecule has 3 aromatic rings. The van der Waals surface area contributed by atoms with Crippen molar-refractivity contribution in [1.29, 1.82) is 0 Å². The fourth-order valence-electron chi connectivity index (χ4n) is 1.98. The maximum atomic E-state index is 11.6. The molecule has 0 saturated carbocycles.